The number of fused-ring (bicyclic) bond motifs is 2. The largest absolute Gasteiger partial charge is 0.489 e. The van der Waals surface area contributed by atoms with Gasteiger partial charge in [-0.2, -0.15) is 0 Å². The second-order valence-electron chi connectivity index (χ2n) is 17.1. The van der Waals surface area contributed by atoms with E-state index in [1.54, 1.807) is 48.7 Å². The summed E-state index contributed by atoms with van der Waals surface area (Å²) in [6, 6.07) is 25.3. The van der Waals surface area contributed by atoms with Gasteiger partial charge >= 0.3 is 0 Å². The van der Waals surface area contributed by atoms with Gasteiger partial charge in [0.05, 0.1) is 27.6 Å². The number of benzene rings is 4. The SMILES string of the molecule is CC1(C)CCC(CN2CCN(c3ccc(C(=O)NS(=O)(=O)c4cc5c(c([N+](=O)[O-])c4)N[C@@H](c4ccc(Cl)cc4)CO5)c(Oc4cnc5[nH]ccc5c4)c3)CC2)=C(c2ccc(Cl)cc2)C1. The van der Waals surface area contributed by atoms with Crippen LogP contribution in [0, 0.1) is 15.5 Å². The minimum Gasteiger partial charge on any atom is -0.489 e. The van der Waals surface area contributed by atoms with Gasteiger partial charge in [-0.05, 0) is 89.9 Å². The highest BCUT2D eigenvalue weighted by molar-refractivity contribution is 7.90. The maximum absolute atomic E-state index is 14.0. The molecule has 3 N–H and O–H groups in total. The number of halogens is 2. The van der Waals surface area contributed by atoms with Crippen LogP contribution in [-0.2, 0) is 10.0 Å². The van der Waals surface area contributed by atoms with Crippen molar-refractivity contribution in [3.63, 3.8) is 0 Å². The van der Waals surface area contributed by atoms with E-state index < -0.39 is 37.5 Å². The molecule has 1 amide bonds. The van der Waals surface area contributed by atoms with E-state index in [0.29, 0.717) is 29.5 Å². The number of carbonyl (C=O) groups is 1. The molecular weight excluding hydrogens is 878 g/mol. The quantitative estimate of drug-likeness (QED) is 0.0834. The Morgan fingerprint density at radius 1 is 0.984 bits per heavy atom. The fourth-order valence-corrected chi connectivity index (χ4v) is 9.87. The van der Waals surface area contributed by atoms with Crippen molar-refractivity contribution in [1.29, 1.82) is 0 Å². The van der Waals surface area contributed by atoms with E-state index in [1.807, 2.05) is 18.2 Å². The number of nitro benzene ring substituents is 1. The Balaban J connectivity index is 0.953. The lowest BCUT2D eigenvalue weighted by atomic mass is 9.72. The first-order valence-electron chi connectivity index (χ1n) is 20.9. The Hall–Kier alpha value is -6.13. The zero-order valence-electron chi connectivity index (χ0n) is 35.1. The number of anilines is 2. The third-order valence-corrected chi connectivity index (χ3v) is 13.9. The van der Waals surface area contributed by atoms with Gasteiger partial charge in [0.15, 0.2) is 11.4 Å². The molecule has 0 bridgehead atoms. The first-order chi connectivity index (χ1) is 30.7. The van der Waals surface area contributed by atoms with Gasteiger partial charge in [0.25, 0.3) is 21.6 Å². The molecule has 2 aromatic heterocycles. The minimum absolute atomic E-state index is 0.0133. The van der Waals surface area contributed by atoms with Crippen LogP contribution < -0.4 is 24.4 Å². The molecule has 0 radical (unpaired) electrons. The zero-order valence-corrected chi connectivity index (χ0v) is 37.4. The van der Waals surface area contributed by atoms with Crippen LogP contribution in [0.4, 0.5) is 17.1 Å². The number of carbonyl (C=O) groups excluding carboxylic acids is 1. The molecule has 64 heavy (non-hydrogen) atoms. The molecule has 1 aliphatic carbocycles. The second kappa shape index (κ2) is 17.4. The molecule has 330 valence electrons. The number of aromatic amines is 1. The smallest absolute Gasteiger partial charge is 0.297 e. The van der Waals surface area contributed by atoms with Crippen molar-refractivity contribution in [3.05, 3.63) is 146 Å². The lowest BCUT2D eigenvalue weighted by molar-refractivity contribution is -0.384. The third-order valence-electron chi connectivity index (χ3n) is 12.1. The minimum atomic E-state index is -4.68. The van der Waals surface area contributed by atoms with E-state index in [9.17, 15) is 23.3 Å². The van der Waals surface area contributed by atoms with Crippen molar-refractivity contribution < 1.29 is 27.6 Å². The van der Waals surface area contributed by atoms with Crippen LogP contribution in [0.1, 0.15) is 60.6 Å². The van der Waals surface area contributed by atoms with Crippen LogP contribution in [0.25, 0.3) is 16.6 Å². The number of nitrogens with zero attached hydrogens (tertiary/aromatic N) is 4. The Labute approximate surface area is 380 Å². The second-order valence-corrected chi connectivity index (χ2v) is 19.7. The number of allylic oxidation sites excluding steroid dienone is 1. The first kappa shape index (κ1) is 43.1. The van der Waals surface area contributed by atoms with E-state index in [-0.39, 0.29) is 34.8 Å². The van der Waals surface area contributed by atoms with Crippen molar-refractivity contribution in [2.75, 3.05) is 49.5 Å². The highest BCUT2D eigenvalue weighted by Crippen LogP contribution is 2.45. The summed E-state index contributed by atoms with van der Waals surface area (Å²) in [6.45, 7) is 8.61. The van der Waals surface area contributed by atoms with Gasteiger partial charge in [-0.25, -0.2) is 18.1 Å². The van der Waals surface area contributed by atoms with Gasteiger partial charge < -0.3 is 24.7 Å². The van der Waals surface area contributed by atoms with Crippen molar-refractivity contribution in [3.8, 4) is 17.2 Å². The summed E-state index contributed by atoms with van der Waals surface area (Å²) in [6.07, 6.45) is 6.43. The number of piperazine rings is 1. The van der Waals surface area contributed by atoms with Crippen molar-refractivity contribution in [2.45, 2.75) is 44.0 Å². The number of sulfonamides is 1. The van der Waals surface area contributed by atoms with Crippen LogP contribution in [0.5, 0.6) is 17.2 Å². The summed E-state index contributed by atoms with van der Waals surface area (Å²) in [4.78, 5) is 37.3. The standard InChI is InChI=1S/C47H45Cl2N7O7S/c1-47(2)15-13-32(39(25-47)29-3-7-33(48)8-4-29)27-54-17-19-55(20-18-54)35-11-12-38(42(22-35)63-36-21-31-14-16-50-45(31)51-26-36)46(57)53-64(60,61)37-23-41(56(58)59)44-43(24-37)62-28-40(52-44)30-5-9-34(49)10-6-30/h3-12,14,16,21-24,26,40,52H,13,15,17-20,25,27-28H2,1-2H3,(H,50,51)(H,53,57)/t40-/m1/s1. The number of hydrogen-bond acceptors (Lipinski definition) is 11. The molecule has 9 rings (SSSR count). The molecule has 1 fully saturated rings. The van der Waals surface area contributed by atoms with Crippen LogP contribution >= 0.6 is 23.2 Å². The molecular formula is C47H45Cl2N7O7S. The fourth-order valence-electron chi connectivity index (χ4n) is 8.61. The average molecular weight is 923 g/mol. The third kappa shape index (κ3) is 9.25. The topological polar surface area (TPSA) is 172 Å². The number of nitro groups is 1. The molecule has 17 heteroatoms. The molecule has 0 unspecified atom stereocenters. The fraction of sp³-hybridized carbons (Fsp3) is 0.277. The van der Waals surface area contributed by atoms with Crippen molar-refractivity contribution in [2.24, 2.45) is 5.41 Å². The molecule has 0 spiro atoms. The van der Waals surface area contributed by atoms with E-state index in [4.69, 9.17) is 32.7 Å². The molecule has 14 nitrogen and oxygen atoms in total. The van der Waals surface area contributed by atoms with Crippen LogP contribution in [-0.4, -0.2) is 73.4 Å². The molecule has 3 aliphatic rings. The first-order valence-corrected chi connectivity index (χ1v) is 23.2. The monoisotopic (exact) mass is 921 g/mol. The number of H-pyrrole nitrogens is 1. The highest BCUT2D eigenvalue weighted by atomic mass is 35.5. The molecule has 4 heterocycles. The summed E-state index contributed by atoms with van der Waals surface area (Å²) in [5.41, 5.74) is 5.91. The predicted octanol–water partition coefficient (Wildman–Crippen LogP) is 10.0. The van der Waals surface area contributed by atoms with Crippen molar-refractivity contribution in [1.82, 2.24) is 19.6 Å². The number of pyridine rings is 1. The number of aromatic nitrogens is 2. The van der Waals surface area contributed by atoms with Crippen molar-refractivity contribution >= 4 is 72.8 Å². The van der Waals surface area contributed by atoms with E-state index in [1.165, 1.54) is 29.0 Å². The molecule has 6 aromatic rings. The Morgan fingerprint density at radius 3 is 2.45 bits per heavy atom. The predicted molar refractivity (Wildman–Crippen MR) is 248 cm³/mol. The number of amides is 1. The highest BCUT2D eigenvalue weighted by Gasteiger charge is 2.33. The molecule has 4 aromatic carbocycles. The number of rotatable bonds is 11. The molecule has 0 saturated carbocycles. The van der Waals surface area contributed by atoms with Gasteiger partial charge in [0.2, 0.25) is 0 Å². The summed E-state index contributed by atoms with van der Waals surface area (Å²) >= 11 is 12.3. The van der Waals surface area contributed by atoms with Gasteiger partial charge in [-0.1, -0.05) is 66.9 Å². The maximum atomic E-state index is 14.0. The average Bonchev–Trinajstić information content (AvgIpc) is 3.75. The number of ether oxygens (including phenoxy) is 2. The summed E-state index contributed by atoms with van der Waals surface area (Å²) in [7, 11) is -4.68. The lowest BCUT2D eigenvalue weighted by Gasteiger charge is -2.39. The Kier molecular flexibility index (Phi) is 11.8. The maximum Gasteiger partial charge on any atom is 0.297 e. The normalized spacial score (nSPS) is 17.6. The van der Waals surface area contributed by atoms with E-state index in [0.717, 1.165) is 72.7 Å². The summed E-state index contributed by atoms with van der Waals surface area (Å²) in [5, 5.41) is 17.4. The van der Waals surface area contributed by atoms with Gasteiger partial charge in [-0.3, -0.25) is 19.8 Å². The summed E-state index contributed by atoms with van der Waals surface area (Å²) < 4.78 is 42.1. The van der Waals surface area contributed by atoms with Crippen LogP contribution in [0.2, 0.25) is 10.0 Å². The van der Waals surface area contributed by atoms with Crippen LogP contribution in [0.15, 0.2) is 114 Å². The van der Waals surface area contributed by atoms with Crippen LogP contribution in [0.3, 0.4) is 0 Å². The summed E-state index contributed by atoms with van der Waals surface area (Å²) in [5.74, 6) is -0.609. The Bertz CT molecular complexity index is 2910. The number of hydrogen-bond donors (Lipinski definition) is 3. The van der Waals surface area contributed by atoms with Gasteiger partial charge in [0.1, 0.15) is 23.8 Å². The molecule has 2 aliphatic heterocycles. The number of nitrogens with one attached hydrogen (secondary N) is 3. The molecule has 1 saturated heterocycles. The van der Waals surface area contributed by atoms with Gasteiger partial charge in [0, 0.05) is 78.2 Å². The van der Waals surface area contributed by atoms with Gasteiger partial charge in [-0.15, -0.1) is 0 Å². The molecule has 1 atom stereocenters. The Morgan fingerprint density at radius 2 is 1.72 bits per heavy atom. The zero-order chi connectivity index (χ0) is 44.8. The van der Waals surface area contributed by atoms with E-state index in [2.05, 4.69) is 55.8 Å². The lowest BCUT2D eigenvalue weighted by Crippen LogP contribution is -2.47. The van der Waals surface area contributed by atoms with E-state index >= 15 is 0 Å².